The summed E-state index contributed by atoms with van der Waals surface area (Å²) >= 11 is 12.3. The second kappa shape index (κ2) is 10.9. The number of para-hydroxylation sites is 1. The number of nitrogens with zero attached hydrogens (tertiary/aromatic N) is 1. The second-order valence-electron chi connectivity index (χ2n) is 8.85. The van der Waals surface area contributed by atoms with Crippen molar-refractivity contribution < 1.29 is 9.59 Å². The summed E-state index contributed by atoms with van der Waals surface area (Å²) in [6.07, 6.45) is 0.581. The molecular weight excluding hydrogens is 455 g/mol. The monoisotopic (exact) mass is 482 g/mol. The van der Waals surface area contributed by atoms with E-state index in [9.17, 15) is 9.59 Å². The van der Waals surface area contributed by atoms with Crippen molar-refractivity contribution in [1.29, 1.82) is 0 Å². The zero-order valence-electron chi connectivity index (χ0n) is 19.1. The summed E-state index contributed by atoms with van der Waals surface area (Å²) in [5.74, 6) is -0.347. The minimum atomic E-state index is -0.216. The average molecular weight is 483 g/mol. The van der Waals surface area contributed by atoms with Crippen LogP contribution in [-0.4, -0.2) is 24.9 Å². The van der Waals surface area contributed by atoms with Crippen LogP contribution in [0.1, 0.15) is 53.5 Å². The van der Waals surface area contributed by atoms with Gasteiger partial charge in [-0.15, -0.1) is 0 Å². The Morgan fingerprint density at radius 3 is 2.18 bits per heavy atom. The van der Waals surface area contributed by atoms with E-state index in [0.29, 0.717) is 40.7 Å². The Balaban J connectivity index is 1.64. The Labute approximate surface area is 205 Å². The molecule has 0 aliphatic heterocycles. The van der Waals surface area contributed by atoms with Gasteiger partial charge in [0.2, 0.25) is 0 Å². The molecule has 3 aromatic rings. The molecular formula is C27H28Cl2N2O2. The van der Waals surface area contributed by atoms with E-state index in [0.717, 1.165) is 5.69 Å². The highest BCUT2D eigenvalue weighted by Crippen LogP contribution is 2.25. The number of rotatable bonds is 7. The summed E-state index contributed by atoms with van der Waals surface area (Å²) in [6.45, 7) is 7.27. The molecule has 1 N–H and O–H groups in total. The molecule has 4 nitrogen and oxygen atoms in total. The Morgan fingerprint density at radius 1 is 0.909 bits per heavy atom. The van der Waals surface area contributed by atoms with Crippen molar-refractivity contribution in [3.8, 4) is 0 Å². The van der Waals surface area contributed by atoms with Gasteiger partial charge in [0.15, 0.2) is 0 Å². The Bertz CT molecular complexity index is 1110. The van der Waals surface area contributed by atoms with Gasteiger partial charge < -0.3 is 10.2 Å². The highest BCUT2D eigenvalue weighted by molar-refractivity contribution is 6.37. The number of benzene rings is 3. The van der Waals surface area contributed by atoms with E-state index in [2.05, 4.69) is 26.1 Å². The number of halogens is 2. The maximum Gasteiger partial charge on any atom is 0.259 e. The van der Waals surface area contributed by atoms with Gasteiger partial charge in [-0.05, 0) is 59.9 Å². The number of hydrogen-bond donors (Lipinski definition) is 1. The molecule has 0 aromatic heterocycles. The summed E-state index contributed by atoms with van der Waals surface area (Å²) in [5, 5.41) is 3.72. The maximum atomic E-state index is 13.3. The molecule has 0 radical (unpaired) electrons. The van der Waals surface area contributed by atoms with Gasteiger partial charge in [-0.25, -0.2) is 0 Å². The Kier molecular flexibility index (Phi) is 8.17. The highest BCUT2D eigenvalue weighted by atomic mass is 35.5. The minimum Gasteiger partial charge on any atom is -0.352 e. The van der Waals surface area contributed by atoms with E-state index in [1.54, 1.807) is 23.1 Å². The third kappa shape index (κ3) is 6.59. The molecule has 0 saturated carbocycles. The molecule has 2 amide bonds. The molecule has 0 unspecified atom stereocenters. The predicted molar refractivity (Wildman–Crippen MR) is 137 cm³/mol. The zero-order valence-corrected chi connectivity index (χ0v) is 20.6. The second-order valence-corrected chi connectivity index (χ2v) is 9.70. The lowest BCUT2D eigenvalue weighted by Gasteiger charge is -2.23. The fourth-order valence-corrected chi connectivity index (χ4v) is 3.92. The van der Waals surface area contributed by atoms with E-state index in [4.69, 9.17) is 23.2 Å². The van der Waals surface area contributed by atoms with Crippen LogP contribution in [-0.2, 0) is 5.41 Å². The van der Waals surface area contributed by atoms with Gasteiger partial charge in [0, 0.05) is 29.4 Å². The zero-order chi connectivity index (χ0) is 24.0. The quantitative estimate of drug-likeness (QED) is 0.378. The number of carbonyl (C=O) groups is 2. The number of anilines is 1. The maximum absolute atomic E-state index is 13.3. The van der Waals surface area contributed by atoms with Crippen LogP contribution < -0.4 is 10.2 Å². The summed E-state index contributed by atoms with van der Waals surface area (Å²) in [6, 6.07) is 21.9. The molecule has 172 valence electrons. The molecule has 0 spiro atoms. The number of hydrogen-bond acceptors (Lipinski definition) is 2. The van der Waals surface area contributed by atoms with Crippen LogP contribution in [0.2, 0.25) is 10.0 Å². The van der Waals surface area contributed by atoms with Gasteiger partial charge in [0.1, 0.15) is 0 Å². The van der Waals surface area contributed by atoms with Crippen molar-refractivity contribution in [3.63, 3.8) is 0 Å². The van der Waals surface area contributed by atoms with Crippen LogP contribution >= 0.6 is 23.2 Å². The van der Waals surface area contributed by atoms with Crippen LogP contribution in [0.15, 0.2) is 72.8 Å². The molecule has 3 aromatic carbocycles. The summed E-state index contributed by atoms with van der Waals surface area (Å²) in [7, 11) is 0. The molecule has 0 bridgehead atoms. The molecule has 0 fully saturated rings. The third-order valence-electron chi connectivity index (χ3n) is 5.33. The topological polar surface area (TPSA) is 49.4 Å². The van der Waals surface area contributed by atoms with E-state index in [1.165, 1.54) is 5.56 Å². The Hall–Kier alpha value is -2.82. The molecule has 0 heterocycles. The highest BCUT2D eigenvalue weighted by Gasteiger charge is 2.20. The Morgan fingerprint density at radius 2 is 1.58 bits per heavy atom. The van der Waals surface area contributed by atoms with Gasteiger partial charge in [-0.3, -0.25) is 9.59 Å². The molecule has 0 atom stereocenters. The van der Waals surface area contributed by atoms with Crippen LogP contribution in [0.25, 0.3) is 0 Å². The van der Waals surface area contributed by atoms with Crippen LogP contribution in [0.3, 0.4) is 0 Å². The van der Waals surface area contributed by atoms with Crippen molar-refractivity contribution in [1.82, 2.24) is 5.32 Å². The fraction of sp³-hybridized carbons (Fsp3) is 0.259. The SMILES string of the molecule is CC(C)(C)c1ccc(C(=O)NCCCN(C(=O)c2ccc(Cl)cc2Cl)c2ccccc2)cc1. The first-order chi connectivity index (χ1) is 15.7. The first-order valence-corrected chi connectivity index (χ1v) is 11.6. The average Bonchev–Trinajstić information content (AvgIpc) is 2.78. The number of amides is 2. The largest absolute Gasteiger partial charge is 0.352 e. The van der Waals surface area contributed by atoms with Crippen molar-refractivity contribution in [2.45, 2.75) is 32.6 Å². The van der Waals surface area contributed by atoms with Crippen molar-refractivity contribution >= 4 is 40.7 Å². The lowest BCUT2D eigenvalue weighted by Crippen LogP contribution is -2.34. The van der Waals surface area contributed by atoms with Gasteiger partial charge in [0.25, 0.3) is 11.8 Å². The molecule has 33 heavy (non-hydrogen) atoms. The standard InChI is InChI=1S/C27H28Cl2N2O2/c1-27(2,3)20-12-10-19(11-13-20)25(32)30-16-7-17-31(22-8-5-4-6-9-22)26(33)23-15-14-21(28)18-24(23)29/h4-6,8-15,18H,7,16-17H2,1-3H3,(H,30,32). The van der Waals surface area contributed by atoms with Crippen molar-refractivity contribution in [2.24, 2.45) is 0 Å². The van der Waals surface area contributed by atoms with E-state index in [1.807, 2.05) is 54.6 Å². The number of nitrogens with one attached hydrogen (secondary N) is 1. The van der Waals surface area contributed by atoms with Crippen LogP contribution in [0.5, 0.6) is 0 Å². The van der Waals surface area contributed by atoms with E-state index in [-0.39, 0.29) is 17.2 Å². The van der Waals surface area contributed by atoms with Gasteiger partial charge >= 0.3 is 0 Å². The normalized spacial score (nSPS) is 11.2. The summed E-state index contributed by atoms with van der Waals surface area (Å²) in [5.41, 5.74) is 2.98. The summed E-state index contributed by atoms with van der Waals surface area (Å²) in [4.78, 5) is 27.4. The van der Waals surface area contributed by atoms with Gasteiger partial charge in [0.05, 0.1) is 10.6 Å². The smallest absolute Gasteiger partial charge is 0.259 e. The van der Waals surface area contributed by atoms with Gasteiger partial charge in [-0.1, -0.05) is 74.3 Å². The lowest BCUT2D eigenvalue weighted by molar-refractivity contribution is 0.0953. The first-order valence-electron chi connectivity index (χ1n) is 10.9. The van der Waals surface area contributed by atoms with Crippen molar-refractivity contribution in [2.75, 3.05) is 18.0 Å². The fourth-order valence-electron chi connectivity index (χ4n) is 3.43. The number of carbonyl (C=O) groups excluding carboxylic acids is 2. The summed E-state index contributed by atoms with van der Waals surface area (Å²) < 4.78 is 0. The van der Waals surface area contributed by atoms with Gasteiger partial charge in [-0.2, -0.15) is 0 Å². The molecule has 0 saturated heterocycles. The predicted octanol–water partition coefficient (Wildman–Crippen LogP) is 6.76. The van der Waals surface area contributed by atoms with Crippen LogP contribution in [0.4, 0.5) is 5.69 Å². The molecule has 0 aliphatic rings. The molecule has 0 aliphatic carbocycles. The first kappa shape index (κ1) is 24.8. The van der Waals surface area contributed by atoms with Crippen LogP contribution in [0, 0.1) is 0 Å². The van der Waals surface area contributed by atoms with Crippen molar-refractivity contribution in [3.05, 3.63) is 99.5 Å². The van der Waals surface area contributed by atoms with E-state index < -0.39 is 0 Å². The minimum absolute atomic E-state index is 0.0371. The molecule has 6 heteroatoms. The molecule has 3 rings (SSSR count). The third-order valence-corrected chi connectivity index (χ3v) is 5.88. The van der Waals surface area contributed by atoms with E-state index >= 15 is 0 Å². The lowest BCUT2D eigenvalue weighted by atomic mass is 9.87.